The summed E-state index contributed by atoms with van der Waals surface area (Å²) >= 11 is 0. The van der Waals surface area contributed by atoms with Crippen LogP contribution in [0, 0.1) is 81.7 Å². The molecule has 182 valence electrons. The second-order valence-electron chi connectivity index (χ2n) is 5.55. The molecule has 0 aliphatic heterocycles. The van der Waals surface area contributed by atoms with Gasteiger partial charge in [0.25, 0.3) is 0 Å². The van der Waals surface area contributed by atoms with Crippen molar-refractivity contribution in [2.75, 3.05) is 0 Å². The van der Waals surface area contributed by atoms with E-state index in [4.69, 9.17) is 0 Å². The van der Waals surface area contributed by atoms with Crippen LogP contribution in [0.25, 0.3) is 0 Å². The Labute approximate surface area is 266 Å². The van der Waals surface area contributed by atoms with Crippen LogP contribution in [0.4, 0.5) is 0 Å². The van der Waals surface area contributed by atoms with Crippen molar-refractivity contribution in [3.05, 3.63) is 91.0 Å². The van der Waals surface area contributed by atoms with Crippen LogP contribution in [0.3, 0.4) is 0 Å². The second-order valence-corrected chi connectivity index (χ2v) is 8.79. The summed E-state index contributed by atoms with van der Waals surface area (Å²) in [7, 11) is -14.7. The molecule has 0 amide bonds. The van der Waals surface area contributed by atoms with E-state index in [2.05, 4.69) is 13.6 Å². The molecule has 12 nitrogen and oxygen atoms in total. The summed E-state index contributed by atoms with van der Waals surface area (Å²) in [5.41, 5.74) is 0. The minimum absolute atomic E-state index is 0. The third kappa shape index (κ3) is 23.1. The first-order valence-electron chi connectivity index (χ1n) is 8.54. The van der Waals surface area contributed by atoms with E-state index in [-0.39, 0.29) is 98.9 Å². The number of hydrogen-bond acceptors (Lipinski definition) is 12. The van der Waals surface area contributed by atoms with Gasteiger partial charge in [-0.15, -0.1) is 0 Å². The van der Waals surface area contributed by atoms with Crippen LogP contribution in [0.15, 0.2) is 91.0 Å². The quantitative estimate of drug-likeness (QED) is 0.293. The maximum absolute atomic E-state index is 10.1. The van der Waals surface area contributed by atoms with Crippen LogP contribution in [-0.2, 0) is 13.7 Å². The molecule has 0 spiro atoms. The molecule has 0 fully saturated rings. The summed E-state index contributed by atoms with van der Waals surface area (Å²) in [6.45, 7) is 0. The first kappa shape index (κ1) is 37.4. The summed E-state index contributed by atoms with van der Waals surface area (Å²) in [5.74, 6) is 0.127. The Balaban J connectivity index is 0. The Hall–Kier alpha value is 0.211. The van der Waals surface area contributed by atoms with E-state index in [1.165, 1.54) is 36.4 Å². The molecular formula is C18H15Nd2O12P3. The topological polar surface area (TPSA) is 217 Å². The zero-order chi connectivity index (χ0) is 25.0. The molecule has 0 atom stereocenters. The van der Waals surface area contributed by atoms with Crippen molar-refractivity contribution in [3.63, 3.8) is 0 Å². The first-order chi connectivity index (χ1) is 15.2. The molecule has 3 rings (SSSR count). The number of benzene rings is 3. The smallest absolute Gasteiger partial charge is 0.780 e. The number of para-hydroxylation sites is 3. The average Bonchev–Trinajstić information content (AvgIpc) is 2.67. The fourth-order valence-corrected chi connectivity index (χ4v) is 2.97. The van der Waals surface area contributed by atoms with E-state index in [1.54, 1.807) is 54.6 Å². The molecule has 0 bridgehead atoms. The van der Waals surface area contributed by atoms with Crippen molar-refractivity contribution in [3.8, 4) is 17.2 Å². The van der Waals surface area contributed by atoms with Crippen LogP contribution in [-0.4, -0.2) is 0 Å². The van der Waals surface area contributed by atoms with Crippen LogP contribution in [0.5, 0.6) is 17.2 Å². The van der Waals surface area contributed by atoms with Gasteiger partial charge in [0.05, 0.1) is 0 Å². The summed E-state index contributed by atoms with van der Waals surface area (Å²) in [5, 5.41) is 0. The molecular weight excluding hydrogens is 790 g/mol. The van der Waals surface area contributed by atoms with E-state index < -0.39 is 23.5 Å². The standard InChI is InChI=1S/3C6H7O4P.2Nd/c3*7-11(8,9)10-6-4-2-1-3-5-6;;/h3*1-5H,(H2,7,8,9);;/q;;;2*+3/p-6. The molecule has 0 saturated carbocycles. The van der Waals surface area contributed by atoms with Crippen LogP contribution in [0.1, 0.15) is 0 Å². The Bertz CT molecular complexity index is 948. The van der Waals surface area contributed by atoms with Gasteiger partial charge in [-0.3, -0.25) is 0 Å². The summed E-state index contributed by atoms with van der Waals surface area (Å²) in [6.07, 6.45) is 0. The van der Waals surface area contributed by atoms with Gasteiger partial charge in [0, 0.05) is 0 Å². The summed E-state index contributed by atoms with van der Waals surface area (Å²) in [6, 6.07) is 22.9. The van der Waals surface area contributed by atoms with E-state index in [0.29, 0.717) is 0 Å². The molecule has 35 heavy (non-hydrogen) atoms. The molecule has 0 heterocycles. The zero-order valence-corrected chi connectivity index (χ0v) is 26.5. The monoisotopic (exact) mass is 800 g/mol. The third-order valence-electron chi connectivity index (χ3n) is 2.88. The summed E-state index contributed by atoms with van der Waals surface area (Å²) in [4.78, 5) is 60.3. The molecule has 0 unspecified atom stereocenters. The molecule has 0 aromatic heterocycles. The van der Waals surface area contributed by atoms with Gasteiger partial charge in [0.2, 0.25) is 0 Å². The maximum atomic E-state index is 10.1. The van der Waals surface area contributed by atoms with Gasteiger partial charge in [0.15, 0.2) is 0 Å². The van der Waals surface area contributed by atoms with E-state index in [1.807, 2.05) is 0 Å². The Kier molecular flexibility index (Phi) is 19.7. The molecule has 0 N–H and O–H groups in total. The fourth-order valence-electron chi connectivity index (χ4n) is 1.83. The van der Waals surface area contributed by atoms with Crippen molar-refractivity contribution >= 4 is 23.5 Å². The van der Waals surface area contributed by atoms with Crippen molar-refractivity contribution in [1.82, 2.24) is 0 Å². The first-order valence-corrected chi connectivity index (χ1v) is 12.9. The minimum Gasteiger partial charge on any atom is -0.780 e. The maximum Gasteiger partial charge on any atom is 3.00 e. The molecule has 3 aromatic carbocycles. The Morgan fingerprint density at radius 3 is 0.714 bits per heavy atom. The van der Waals surface area contributed by atoms with Gasteiger partial charge in [-0.25, -0.2) is 0 Å². The Morgan fingerprint density at radius 1 is 0.400 bits per heavy atom. The predicted molar refractivity (Wildman–Crippen MR) is 104 cm³/mol. The van der Waals surface area contributed by atoms with Crippen LogP contribution in [0.2, 0.25) is 0 Å². The number of phosphoric acid groups is 3. The SMILES string of the molecule is O=P([O-])([O-])Oc1ccccc1.O=P([O-])([O-])Oc1ccccc1.O=P([O-])([O-])Oc1ccccc1.[Nd+3].[Nd+3]. The van der Waals surface area contributed by atoms with Gasteiger partial charge >= 0.3 is 81.7 Å². The Morgan fingerprint density at radius 2 is 0.571 bits per heavy atom. The number of rotatable bonds is 6. The van der Waals surface area contributed by atoms with Crippen LogP contribution < -0.4 is 42.9 Å². The van der Waals surface area contributed by atoms with E-state index in [0.717, 1.165) is 0 Å². The van der Waals surface area contributed by atoms with Crippen molar-refractivity contribution in [2.24, 2.45) is 0 Å². The number of phosphoric ester groups is 3. The van der Waals surface area contributed by atoms with Gasteiger partial charge in [0.1, 0.15) is 40.7 Å². The number of hydrogen-bond donors (Lipinski definition) is 0. The normalized spacial score (nSPS) is 10.5. The largest absolute Gasteiger partial charge is 3.00 e. The van der Waals surface area contributed by atoms with Gasteiger partial charge < -0.3 is 56.6 Å². The van der Waals surface area contributed by atoms with Gasteiger partial charge in [-0.05, 0) is 36.4 Å². The third-order valence-corrected chi connectivity index (χ3v) is 4.18. The zero-order valence-electron chi connectivity index (χ0n) is 17.4. The van der Waals surface area contributed by atoms with Crippen molar-refractivity contribution < 1.29 is 138 Å². The molecule has 17 heteroatoms. The molecule has 0 aliphatic rings. The molecule has 3 aromatic rings. The average molecular weight is 805 g/mol. The fraction of sp³-hybridized carbons (Fsp3) is 0. The van der Waals surface area contributed by atoms with Gasteiger partial charge in [-0.1, -0.05) is 54.6 Å². The predicted octanol–water partition coefficient (Wildman–Crippen LogP) is -0.318. The van der Waals surface area contributed by atoms with Crippen LogP contribution >= 0.6 is 23.5 Å². The second kappa shape index (κ2) is 18.5. The van der Waals surface area contributed by atoms with Crippen molar-refractivity contribution in [1.29, 1.82) is 0 Å². The molecule has 0 aliphatic carbocycles. The molecule has 2 radical (unpaired) electrons. The van der Waals surface area contributed by atoms with Gasteiger partial charge in [-0.2, -0.15) is 0 Å². The van der Waals surface area contributed by atoms with Crippen molar-refractivity contribution in [2.45, 2.75) is 0 Å². The minimum atomic E-state index is -4.89. The van der Waals surface area contributed by atoms with E-state index >= 15 is 0 Å². The molecule has 0 saturated heterocycles. The van der Waals surface area contributed by atoms with E-state index in [9.17, 15) is 43.1 Å². The summed E-state index contributed by atoms with van der Waals surface area (Å²) < 4.78 is 42.3.